The smallest absolute Gasteiger partial charge is 0.726 e. The normalized spacial score (nSPS) is 8.59. The number of nitrogens with zero attached hydrogens (tertiary/aromatic N) is 3. The zero-order valence-corrected chi connectivity index (χ0v) is 11.6. The minimum atomic E-state index is -4.92. The summed E-state index contributed by atoms with van der Waals surface area (Å²) in [7, 11) is -4.92. The first-order chi connectivity index (χ1) is 7.18. The largest absolute Gasteiger partial charge is 1.00 e. The molecule has 11 nitrogen and oxygen atoms in total. The maximum atomic E-state index is 8.63. The molecule has 1 aromatic heterocycles. The molecule has 0 aromatic carbocycles. The van der Waals surface area contributed by atoms with Gasteiger partial charge in [0, 0.05) is 0 Å². The number of nitrogen functional groups attached to an aromatic ring is 3. The van der Waals surface area contributed by atoms with E-state index in [1.54, 1.807) is 0 Å². The van der Waals surface area contributed by atoms with Crippen LogP contribution in [0.5, 0.6) is 0 Å². The second-order valence-electron chi connectivity index (χ2n) is 1.84. The first-order valence-corrected chi connectivity index (χ1v) is 4.54. The number of rotatable bonds is 0. The second-order valence-corrected chi connectivity index (χ2v) is 2.69. The molecule has 0 radical (unpaired) electrons. The van der Waals surface area contributed by atoms with Crippen LogP contribution < -0.4 is 46.8 Å². The number of aromatic nitrogens is 3. The van der Waals surface area contributed by atoms with Gasteiger partial charge >= 0.3 is 29.6 Å². The SMILES string of the molecule is C=O.Nc1nc(N)nc(N)n1.O=S(=O)([O-])O.[Na+]. The summed E-state index contributed by atoms with van der Waals surface area (Å²) in [5, 5.41) is 0. The zero-order valence-electron chi connectivity index (χ0n) is 8.77. The van der Waals surface area contributed by atoms with E-state index in [0.29, 0.717) is 0 Å². The summed E-state index contributed by atoms with van der Waals surface area (Å²) >= 11 is 0. The van der Waals surface area contributed by atoms with Crippen LogP contribution in [0.1, 0.15) is 0 Å². The average molecular weight is 276 g/mol. The van der Waals surface area contributed by atoms with Crippen molar-refractivity contribution < 1.29 is 51.9 Å². The molecule has 0 aliphatic rings. The number of carbonyl (C=O) groups is 1. The summed E-state index contributed by atoms with van der Waals surface area (Å²) in [6.45, 7) is 2.00. The van der Waals surface area contributed by atoms with Crippen LogP contribution in [0.4, 0.5) is 17.8 Å². The first-order valence-electron chi connectivity index (χ1n) is 3.18. The molecule has 0 unspecified atom stereocenters. The van der Waals surface area contributed by atoms with Crippen LogP contribution in [0, 0.1) is 0 Å². The van der Waals surface area contributed by atoms with Gasteiger partial charge in [0.2, 0.25) is 28.2 Å². The number of hydrogen-bond acceptors (Lipinski definition) is 10. The van der Waals surface area contributed by atoms with Gasteiger partial charge in [0.15, 0.2) is 0 Å². The zero-order chi connectivity index (χ0) is 13.4. The Morgan fingerprint density at radius 1 is 1.00 bits per heavy atom. The predicted molar refractivity (Wildman–Crippen MR) is 52.5 cm³/mol. The molecule has 92 valence electrons. The van der Waals surface area contributed by atoms with Crippen LogP contribution in [-0.2, 0) is 15.2 Å². The van der Waals surface area contributed by atoms with Gasteiger partial charge in [0.05, 0.1) is 0 Å². The molecule has 7 N–H and O–H groups in total. The molecule has 1 rings (SSSR count). The van der Waals surface area contributed by atoms with E-state index < -0.39 is 10.4 Å². The number of anilines is 3. The fourth-order valence-corrected chi connectivity index (χ4v) is 0.427. The van der Waals surface area contributed by atoms with E-state index in [2.05, 4.69) is 15.0 Å². The summed E-state index contributed by atoms with van der Waals surface area (Å²) in [5.41, 5.74) is 15.4. The Morgan fingerprint density at radius 3 is 1.24 bits per heavy atom. The monoisotopic (exact) mass is 276 g/mol. The van der Waals surface area contributed by atoms with Crippen LogP contribution in [0.15, 0.2) is 0 Å². The third-order valence-electron chi connectivity index (χ3n) is 0.687. The van der Waals surface area contributed by atoms with Crippen molar-refractivity contribution >= 4 is 35.0 Å². The summed E-state index contributed by atoms with van der Waals surface area (Å²) in [4.78, 5) is 18.5. The quantitative estimate of drug-likeness (QED) is 0.199. The minimum Gasteiger partial charge on any atom is -0.726 e. The van der Waals surface area contributed by atoms with Gasteiger partial charge in [0.25, 0.3) is 0 Å². The third-order valence-corrected chi connectivity index (χ3v) is 0.687. The number of nitrogens with two attached hydrogens (primary N) is 3. The fraction of sp³-hybridized carbons (Fsp3) is 0. The molecular weight excluding hydrogens is 267 g/mol. The van der Waals surface area contributed by atoms with Crippen molar-refractivity contribution in [1.29, 1.82) is 0 Å². The molecule has 0 atom stereocenters. The molecule has 0 bridgehead atoms. The van der Waals surface area contributed by atoms with Gasteiger partial charge in [0.1, 0.15) is 6.79 Å². The topological polar surface area (TPSA) is 211 Å². The maximum Gasteiger partial charge on any atom is 1.00 e. The average Bonchev–Trinajstić information content (AvgIpc) is 2.01. The summed E-state index contributed by atoms with van der Waals surface area (Å²) in [6.07, 6.45) is 0. The van der Waals surface area contributed by atoms with Gasteiger partial charge in [-0.3, -0.25) is 4.55 Å². The van der Waals surface area contributed by atoms with Crippen LogP contribution >= 0.6 is 0 Å². The van der Waals surface area contributed by atoms with Crippen molar-refractivity contribution in [2.75, 3.05) is 17.2 Å². The predicted octanol–water partition coefficient (Wildman–Crippen LogP) is -5.56. The van der Waals surface area contributed by atoms with Crippen molar-refractivity contribution in [2.45, 2.75) is 0 Å². The molecule has 0 spiro atoms. The number of carbonyl (C=O) groups excluding carboxylic acids is 1. The third kappa shape index (κ3) is 20.9. The van der Waals surface area contributed by atoms with Crippen LogP contribution in [0.2, 0.25) is 0 Å². The van der Waals surface area contributed by atoms with E-state index >= 15 is 0 Å². The van der Waals surface area contributed by atoms with Crippen molar-refractivity contribution in [1.82, 2.24) is 15.0 Å². The number of hydrogen-bond donors (Lipinski definition) is 4. The Morgan fingerprint density at radius 2 is 1.12 bits per heavy atom. The van der Waals surface area contributed by atoms with Crippen LogP contribution in [0.3, 0.4) is 0 Å². The summed E-state index contributed by atoms with van der Waals surface area (Å²) in [6, 6.07) is 0. The standard InChI is InChI=1S/C3H6N6.CH2O.Na.H2O4S/c4-1-7-2(5)9-3(6)8-1;1-2;;1-5(2,3)4/h(H6,4,5,6,7,8,9);1H2;;(H2,1,2,3,4)/q;;+1;/p-1. The van der Waals surface area contributed by atoms with Gasteiger partial charge in [-0.05, 0) is 0 Å². The van der Waals surface area contributed by atoms with Gasteiger partial charge in [-0.2, -0.15) is 15.0 Å². The van der Waals surface area contributed by atoms with Crippen molar-refractivity contribution in [3.05, 3.63) is 0 Å². The molecule has 0 saturated carbocycles. The van der Waals surface area contributed by atoms with Gasteiger partial charge in [-0.25, -0.2) is 8.42 Å². The van der Waals surface area contributed by atoms with E-state index in [4.69, 9.17) is 39.5 Å². The molecule has 0 fully saturated rings. The van der Waals surface area contributed by atoms with E-state index in [1.165, 1.54) is 0 Å². The Bertz CT molecular complexity index is 368. The molecule has 0 aliphatic carbocycles. The van der Waals surface area contributed by atoms with E-state index in [1.807, 2.05) is 6.79 Å². The summed E-state index contributed by atoms with van der Waals surface area (Å²) < 4.78 is 32.8. The molecule has 1 heterocycles. The fourth-order valence-electron chi connectivity index (χ4n) is 0.427. The van der Waals surface area contributed by atoms with E-state index in [-0.39, 0.29) is 47.4 Å². The molecule has 17 heavy (non-hydrogen) atoms. The van der Waals surface area contributed by atoms with E-state index in [9.17, 15) is 0 Å². The van der Waals surface area contributed by atoms with Crippen molar-refractivity contribution in [3.8, 4) is 0 Å². The van der Waals surface area contributed by atoms with Crippen molar-refractivity contribution in [2.24, 2.45) is 0 Å². The molecule has 0 aliphatic heterocycles. The second kappa shape index (κ2) is 10.1. The Balaban J connectivity index is -0.000000213. The van der Waals surface area contributed by atoms with Gasteiger partial charge < -0.3 is 26.5 Å². The Hall–Kier alpha value is -1.05. The van der Waals surface area contributed by atoms with E-state index in [0.717, 1.165) is 0 Å². The molecule has 1 aromatic rings. The molecule has 0 saturated heterocycles. The first kappa shape index (κ1) is 21.3. The summed E-state index contributed by atoms with van der Waals surface area (Å²) in [5.74, 6) is 0.125. The maximum absolute atomic E-state index is 8.63. The molecular formula is C4H9N6NaO5S. The molecule has 0 amide bonds. The van der Waals surface area contributed by atoms with Gasteiger partial charge in [-0.1, -0.05) is 0 Å². The van der Waals surface area contributed by atoms with Crippen LogP contribution in [0.25, 0.3) is 0 Å². The Kier molecular flexibility index (Phi) is 12.7. The van der Waals surface area contributed by atoms with Crippen molar-refractivity contribution in [3.63, 3.8) is 0 Å². The van der Waals surface area contributed by atoms with Gasteiger partial charge in [-0.15, -0.1) is 0 Å². The molecule has 13 heteroatoms. The minimum absolute atomic E-state index is 0. The Labute approximate surface area is 119 Å². The van der Waals surface area contributed by atoms with Crippen LogP contribution in [-0.4, -0.2) is 39.3 Å².